The molecule has 0 aliphatic carbocycles. The lowest BCUT2D eigenvalue weighted by Crippen LogP contribution is -2.09. The highest BCUT2D eigenvalue weighted by Gasteiger charge is 2.04. The van der Waals surface area contributed by atoms with Crippen LogP contribution in [0, 0.1) is 0 Å². The first-order valence-electron chi connectivity index (χ1n) is 3.91. The Hall–Kier alpha value is 0.527. The molecule has 0 rings (SSSR count). The van der Waals surface area contributed by atoms with Gasteiger partial charge in [0, 0.05) is 15.9 Å². The zero-order valence-corrected chi connectivity index (χ0v) is 9.18. The Labute approximate surface area is 71.2 Å². The fourth-order valence-corrected chi connectivity index (χ4v) is 2.46. The van der Waals surface area contributed by atoms with E-state index in [4.69, 9.17) is 4.74 Å². The Bertz CT molecular complexity index is 70.0. The molecule has 1 nitrogen and oxygen atoms in total. The van der Waals surface area contributed by atoms with Crippen LogP contribution in [0.15, 0.2) is 0 Å². The predicted octanol–water partition coefficient (Wildman–Crippen LogP) is 2.16. The summed E-state index contributed by atoms with van der Waals surface area (Å²) in [5.74, 6) is 0. The molecule has 0 aliphatic heterocycles. The highest BCUT2D eigenvalue weighted by Crippen LogP contribution is 2.09. The molecule has 2 unspecified atom stereocenters. The van der Waals surface area contributed by atoms with Crippen molar-refractivity contribution in [1.82, 2.24) is 0 Å². The molecule has 0 saturated heterocycles. The molecule has 0 spiro atoms. The van der Waals surface area contributed by atoms with Gasteiger partial charge in [0.15, 0.2) is 0 Å². The number of ether oxygens (including phenoxy) is 1. The van der Waals surface area contributed by atoms with Crippen molar-refractivity contribution in [2.45, 2.75) is 37.4 Å². The van der Waals surface area contributed by atoms with Crippen LogP contribution in [0.4, 0.5) is 0 Å². The Morgan fingerprint density at radius 2 is 2.20 bits per heavy atom. The lowest BCUT2D eigenvalue weighted by Gasteiger charge is -2.10. The van der Waals surface area contributed by atoms with Crippen LogP contribution < -0.4 is 0 Å². The van der Waals surface area contributed by atoms with Crippen molar-refractivity contribution >= 4 is 21.4 Å². The summed E-state index contributed by atoms with van der Waals surface area (Å²) >= 11 is 4.24. The second kappa shape index (κ2) is 6.25. The minimum absolute atomic E-state index is 0.168. The summed E-state index contributed by atoms with van der Waals surface area (Å²) in [6.45, 7) is 4.67. The van der Waals surface area contributed by atoms with Gasteiger partial charge in [-0.05, 0) is 6.42 Å². The van der Waals surface area contributed by atoms with Crippen LogP contribution in [-0.2, 0) is 4.74 Å². The third-order valence-corrected chi connectivity index (χ3v) is 5.06. The third kappa shape index (κ3) is 5.32. The van der Waals surface area contributed by atoms with Crippen LogP contribution in [-0.4, -0.2) is 21.3 Å². The quantitative estimate of drug-likeness (QED) is 0.386. The highest BCUT2D eigenvalue weighted by molar-refractivity contribution is 7.80. The second-order valence-corrected chi connectivity index (χ2v) is 6.96. The van der Waals surface area contributed by atoms with E-state index in [-0.39, 0.29) is 14.2 Å². The normalized spacial score (nSPS) is 16.8. The van der Waals surface area contributed by atoms with Gasteiger partial charge in [0.1, 0.15) is 0 Å². The Balaban J connectivity index is 3.17. The summed E-state index contributed by atoms with van der Waals surface area (Å²) in [6.07, 6.45) is 1.13. The first-order valence-corrected chi connectivity index (χ1v) is 7.22. The van der Waals surface area contributed by atoms with Crippen LogP contribution in [0.3, 0.4) is 0 Å². The topological polar surface area (TPSA) is 9.23 Å². The lowest BCUT2D eigenvalue weighted by atomic mass is 10.5. The molecule has 0 aliphatic rings. The predicted molar refractivity (Wildman–Crippen MR) is 52.7 cm³/mol. The van der Waals surface area contributed by atoms with Gasteiger partial charge in [-0.25, -0.2) is 0 Å². The van der Waals surface area contributed by atoms with E-state index in [0.29, 0.717) is 0 Å². The molecule has 2 atom stereocenters. The van der Waals surface area contributed by atoms with Gasteiger partial charge in [-0.1, -0.05) is 25.6 Å². The Morgan fingerprint density at radius 3 is 2.60 bits per heavy atom. The van der Waals surface area contributed by atoms with Crippen molar-refractivity contribution in [3.63, 3.8) is 0 Å². The Kier molecular flexibility index (Phi) is 6.58. The van der Waals surface area contributed by atoms with Gasteiger partial charge >= 0.3 is 0 Å². The number of methoxy groups -OCH3 is 1. The maximum atomic E-state index is 5.03. The molecular weight excluding hydrogens is 160 g/mol. The molecule has 0 bridgehead atoms. The van der Waals surface area contributed by atoms with Crippen molar-refractivity contribution in [1.29, 1.82) is 0 Å². The number of rotatable bonds is 5. The fraction of sp³-hybridized carbons (Fsp3) is 1.00. The molecule has 0 aromatic rings. The van der Waals surface area contributed by atoms with E-state index in [1.54, 1.807) is 7.11 Å². The summed E-state index contributed by atoms with van der Waals surface area (Å²) in [4.78, 5) is 0. The molecule has 0 aromatic heterocycles. The molecule has 62 valence electrons. The van der Waals surface area contributed by atoms with Crippen LogP contribution >= 0.6 is 12.6 Å². The number of hydrogen-bond acceptors (Lipinski definition) is 2. The maximum Gasteiger partial charge on any atom is 0.0993 e. The molecule has 0 fully saturated rings. The molecule has 0 aromatic carbocycles. The van der Waals surface area contributed by atoms with Gasteiger partial charge in [-0.2, -0.15) is 0 Å². The van der Waals surface area contributed by atoms with E-state index in [1.807, 2.05) is 0 Å². The van der Waals surface area contributed by atoms with Gasteiger partial charge in [-0.3, -0.25) is 0 Å². The van der Waals surface area contributed by atoms with Crippen molar-refractivity contribution in [2.75, 3.05) is 7.11 Å². The highest BCUT2D eigenvalue weighted by atomic mass is 32.1. The smallest absolute Gasteiger partial charge is 0.0993 e. The molecule has 0 radical (unpaired) electrons. The molecule has 3 heteroatoms. The van der Waals surface area contributed by atoms with Crippen LogP contribution in [0.2, 0.25) is 18.6 Å². The molecule has 0 saturated carbocycles. The second-order valence-electron chi connectivity index (χ2n) is 2.78. The summed E-state index contributed by atoms with van der Waals surface area (Å²) < 4.78 is 5.03. The van der Waals surface area contributed by atoms with Gasteiger partial charge < -0.3 is 4.74 Å². The Morgan fingerprint density at radius 1 is 1.60 bits per heavy atom. The van der Waals surface area contributed by atoms with Crippen molar-refractivity contribution in [3.05, 3.63) is 0 Å². The zero-order valence-electron chi connectivity index (χ0n) is 7.13. The monoisotopic (exact) mass is 178 g/mol. The molecular formula is C7H18OSSi. The maximum absolute atomic E-state index is 5.03. The minimum atomic E-state index is -0.380. The number of hydrogen-bond donors (Lipinski definition) is 1. The van der Waals surface area contributed by atoms with Crippen molar-refractivity contribution in [2.24, 2.45) is 0 Å². The van der Waals surface area contributed by atoms with Gasteiger partial charge in [-0.15, -0.1) is 12.6 Å². The zero-order chi connectivity index (χ0) is 7.98. The standard InChI is InChI=1S/C7H18OSSi/c1-4-10(3)6-5-7(9)8-2/h7,9-10H,4-6H2,1-3H3. The first kappa shape index (κ1) is 10.5. The molecule has 0 heterocycles. The summed E-state index contributed by atoms with van der Waals surface area (Å²) in [6, 6.07) is 2.75. The largest absolute Gasteiger partial charge is 0.371 e. The van der Waals surface area contributed by atoms with Crippen molar-refractivity contribution < 1.29 is 4.74 Å². The van der Waals surface area contributed by atoms with E-state index < -0.39 is 0 Å². The third-order valence-electron chi connectivity index (χ3n) is 1.88. The van der Waals surface area contributed by atoms with E-state index in [9.17, 15) is 0 Å². The van der Waals surface area contributed by atoms with Crippen LogP contribution in [0.1, 0.15) is 13.3 Å². The summed E-state index contributed by atoms with van der Waals surface area (Å²) in [5.41, 5.74) is 0.168. The minimum Gasteiger partial charge on any atom is -0.371 e. The van der Waals surface area contributed by atoms with E-state index in [2.05, 4.69) is 26.1 Å². The van der Waals surface area contributed by atoms with Gasteiger partial charge in [0.05, 0.1) is 5.44 Å². The SMILES string of the molecule is CC[SiH](C)CCC(S)OC. The summed E-state index contributed by atoms with van der Waals surface area (Å²) in [5, 5.41) is 0. The lowest BCUT2D eigenvalue weighted by molar-refractivity contribution is 0.172. The van der Waals surface area contributed by atoms with E-state index >= 15 is 0 Å². The average molecular weight is 178 g/mol. The average Bonchev–Trinajstić information content (AvgIpc) is 1.99. The van der Waals surface area contributed by atoms with E-state index in [0.717, 1.165) is 6.42 Å². The fourth-order valence-electron chi connectivity index (χ4n) is 0.749. The van der Waals surface area contributed by atoms with Crippen LogP contribution in [0.25, 0.3) is 0 Å². The van der Waals surface area contributed by atoms with Crippen molar-refractivity contribution in [3.8, 4) is 0 Å². The van der Waals surface area contributed by atoms with Gasteiger partial charge in [0.2, 0.25) is 0 Å². The first-order chi connectivity index (χ1) is 4.70. The van der Waals surface area contributed by atoms with Gasteiger partial charge in [0.25, 0.3) is 0 Å². The summed E-state index contributed by atoms with van der Waals surface area (Å²) in [7, 11) is 1.34. The number of thiol groups is 1. The molecule has 10 heavy (non-hydrogen) atoms. The van der Waals surface area contributed by atoms with Crippen LogP contribution in [0.5, 0.6) is 0 Å². The molecule has 0 amide bonds. The molecule has 0 N–H and O–H groups in total. The van der Waals surface area contributed by atoms with E-state index in [1.165, 1.54) is 12.1 Å².